The molecule has 0 spiro atoms. The van der Waals surface area contributed by atoms with Crippen LogP contribution in [-0.4, -0.2) is 26.0 Å². The second kappa shape index (κ2) is 9.14. The van der Waals surface area contributed by atoms with Crippen LogP contribution in [0.1, 0.15) is 39.9 Å². The molecule has 2 aliphatic rings. The molecule has 0 aromatic heterocycles. The first-order chi connectivity index (χ1) is 17.0. The fraction of sp³-hybridized carbons (Fsp3) is 0.172. The lowest BCUT2D eigenvalue weighted by Crippen LogP contribution is -2.29. The standard InChI is InChI=1S/C29H25NO5/c1-17-24(29(32)34-3)25(26-27(30-17)20-11-7-8-12-21(20)28(26)31)19-13-14-22(23(15-19)33-2)35-16-18-9-5-4-6-10-18/h4-15,25,30H,16H2,1-3H3/t25-/m0/s1. The number of esters is 1. The van der Waals surface area contributed by atoms with Gasteiger partial charge in [0, 0.05) is 28.3 Å². The molecule has 6 heteroatoms. The Labute approximate surface area is 203 Å². The Kier molecular flexibility index (Phi) is 5.87. The fourth-order valence-corrected chi connectivity index (χ4v) is 4.76. The van der Waals surface area contributed by atoms with Crippen molar-refractivity contribution < 1.29 is 23.8 Å². The lowest BCUT2D eigenvalue weighted by atomic mass is 9.79. The smallest absolute Gasteiger partial charge is 0.336 e. The van der Waals surface area contributed by atoms with E-state index in [1.807, 2.05) is 79.7 Å². The molecule has 35 heavy (non-hydrogen) atoms. The molecule has 1 aliphatic heterocycles. The molecule has 3 aromatic carbocycles. The molecule has 0 saturated carbocycles. The van der Waals surface area contributed by atoms with Gasteiger partial charge in [0.25, 0.3) is 0 Å². The number of nitrogens with one attached hydrogen (secondary N) is 1. The maximum absolute atomic E-state index is 13.5. The molecule has 1 heterocycles. The van der Waals surface area contributed by atoms with Crippen LogP contribution in [0.3, 0.4) is 0 Å². The van der Waals surface area contributed by atoms with Gasteiger partial charge in [-0.1, -0.05) is 60.7 Å². The van der Waals surface area contributed by atoms with Crippen molar-refractivity contribution in [2.24, 2.45) is 0 Å². The molecule has 0 saturated heterocycles. The average molecular weight is 468 g/mol. The molecule has 0 bridgehead atoms. The van der Waals surface area contributed by atoms with Gasteiger partial charge >= 0.3 is 5.97 Å². The summed E-state index contributed by atoms with van der Waals surface area (Å²) in [5, 5.41) is 3.29. The molecule has 0 radical (unpaired) electrons. The molecule has 0 fully saturated rings. The van der Waals surface area contributed by atoms with Crippen LogP contribution in [0.15, 0.2) is 89.6 Å². The molecule has 0 amide bonds. The number of ether oxygens (including phenoxy) is 3. The molecular formula is C29H25NO5. The molecule has 1 aliphatic carbocycles. The Hall–Kier alpha value is -4.32. The van der Waals surface area contributed by atoms with Crippen molar-refractivity contribution in [3.63, 3.8) is 0 Å². The van der Waals surface area contributed by atoms with E-state index >= 15 is 0 Å². The SMILES string of the molecule is COC(=O)C1=C(C)NC2=C(C(=O)c3ccccc32)[C@H]1c1ccc(OCc2ccccc2)c(OC)c1. The van der Waals surface area contributed by atoms with E-state index in [1.165, 1.54) is 7.11 Å². The zero-order valence-electron chi connectivity index (χ0n) is 19.8. The van der Waals surface area contributed by atoms with Crippen molar-refractivity contribution in [3.05, 3.63) is 112 Å². The fourth-order valence-electron chi connectivity index (χ4n) is 4.76. The van der Waals surface area contributed by atoms with E-state index < -0.39 is 11.9 Å². The van der Waals surface area contributed by atoms with Crippen LogP contribution in [0.4, 0.5) is 0 Å². The minimum atomic E-state index is -0.615. The zero-order chi connectivity index (χ0) is 24.5. The van der Waals surface area contributed by atoms with Gasteiger partial charge in [-0.3, -0.25) is 4.79 Å². The number of hydrogen-bond donors (Lipinski definition) is 1. The van der Waals surface area contributed by atoms with Crippen molar-refractivity contribution in [1.82, 2.24) is 5.32 Å². The first-order valence-electron chi connectivity index (χ1n) is 11.3. The summed E-state index contributed by atoms with van der Waals surface area (Å²) in [6.07, 6.45) is 0. The van der Waals surface area contributed by atoms with E-state index in [4.69, 9.17) is 14.2 Å². The predicted octanol–water partition coefficient (Wildman–Crippen LogP) is 5.02. The molecular weight excluding hydrogens is 442 g/mol. The Bertz CT molecular complexity index is 1390. The van der Waals surface area contributed by atoms with Crippen molar-refractivity contribution in [2.45, 2.75) is 19.4 Å². The normalized spacial score (nSPS) is 16.4. The molecule has 5 rings (SSSR count). The number of ketones is 1. The summed E-state index contributed by atoms with van der Waals surface area (Å²) in [6.45, 7) is 2.21. The first-order valence-corrected chi connectivity index (χ1v) is 11.3. The topological polar surface area (TPSA) is 73.9 Å². The highest BCUT2D eigenvalue weighted by Gasteiger charge is 2.43. The molecule has 1 atom stereocenters. The van der Waals surface area contributed by atoms with Crippen LogP contribution in [0.25, 0.3) is 5.70 Å². The minimum Gasteiger partial charge on any atom is -0.493 e. The van der Waals surface area contributed by atoms with Gasteiger partial charge in [0.15, 0.2) is 17.3 Å². The van der Waals surface area contributed by atoms with Crippen LogP contribution < -0.4 is 14.8 Å². The Balaban J connectivity index is 1.58. The number of methoxy groups -OCH3 is 2. The highest BCUT2D eigenvalue weighted by Crippen LogP contribution is 2.47. The van der Waals surface area contributed by atoms with Crippen LogP contribution in [0, 0.1) is 0 Å². The van der Waals surface area contributed by atoms with Gasteiger partial charge in [-0.15, -0.1) is 0 Å². The maximum atomic E-state index is 13.5. The highest BCUT2D eigenvalue weighted by molar-refractivity contribution is 6.23. The number of hydrogen-bond acceptors (Lipinski definition) is 6. The molecule has 6 nitrogen and oxygen atoms in total. The van der Waals surface area contributed by atoms with Crippen molar-refractivity contribution in [1.29, 1.82) is 0 Å². The van der Waals surface area contributed by atoms with Crippen LogP contribution in [-0.2, 0) is 16.1 Å². The highest BCUT2D eigenvalue weighted by atomic mass is 16.5. The molecule has 3 aromatic rings. The Morgan fingerprint density at radius 2 is 1.63 bits per heavy atom. The van der Waals surface area contributed by atoms with Gasteiger partial charge in [0.05, 0.1) is 25.5 Å². The van der Waals surface area contributed by atoms with Gasteiger partial charge in [0.2, 0.25) is 0 Å². The monoisotopic (exact) mass is 467 g/mol. The quantitative estimate of drug-likeness (QED) is 0.514. The van der Waals surface area contributed by atoms with Gasteiger partial charge in [-0.05, 0) is 30.2 Å². The minimum absolute atomic E-state index is 0.106. The van der Waals surface area contributed by atoms with Crippen LogP contribution in [0.5, 0.6) is 11.5 Å². The van der Waals surface area contributed by atoms with Crippen LogP contribution in [0.2, 0.25) is 0 Å². The van der Waals surface area contributed by atoms with Gasteiger partial charge < -0.3 is 19.5 Å². The number of Topliss-reactive ketones (excluding diaryl/α,β-unsaturated/α-hetero) is 1. The van der Waals surface area contributed by atoms with E-state index in [2.05, 4.69) is 5.32 Å². The van der Waals surface area contributed by atoms with E-state index in [-0.39, 0.29) is 5.78 Å². The maximum Gasteiger partial charge on any atom is 0.336 e. The summed E-state index contributed by atoms with van der Waals surface area (Å²) in [4.78, 5) is 26.4. The zero-order valence-corrected chi connectivity index (χ0v) is 19.8. The summed E-state index contributed by atoms with van der Waals surface area (Å²) in [5.41, 5.74) is 5.51. The average Bonchev–Trinajstić information content (AvgIpc) is 3.18. The number of carbonyl (C=O) groups excluding carboxylic acids is 2. The van der Waals surface area contributed by atoms with Crippen molar-refractivity contribution >= 4 is 17.4 Å². The van der Waals surface area contributed by atoms with Crippen molar-refractivity contribution in [2.75, 3.05) is 14.2 Å². The molecule has 1 N–H and O–H groups in total. The predicted molar refractivity (Wildman–Crippen MR) is 132 cm³/mol. The Morgan fingerprint density at radius 3 is 2.34 bits per heavy atom. The van der Waals surface area contributed by atoms with Gasteiger partial charge in [0.1, 0.15) is 6.61 Å². The summed E-state index contributed by atoms with van der Waals surface area (Å²) < 4.78 is 16.8. The van der Waals surface area contributed by atoms with E-state index in [9.17, 15) is 9.59 Å². The van der Waals surface area contributed by atoms with Crippen LogP contribution >= 0.6 is 0 Å². The van der Waals surface area contributed by atoms with E-state index in [0.717, 1.165) is 22.4 Å². The second-order valence-corrected chi connectivity index (χ2v) is 8.44. The molecule has 176 valence electrons. The second-order valence-electron chi connectivity index (χ2n) is 8.44. The third kappa shape index (κ3) is 3.87. The number of allylic oxidation sites excluding steroid dienone is 2. The lowest BCUT2D eigenvalue weighted by Gasteiger charge is -2.29. The number of dihydropyridines is 1. The van der Waals surface area contributed by atoms with E-state index in [1.54, 1.807) is 7.11 Å². The molecule has 0 unspecified atom stereocenters. The summed E-state index contributed by atoms with van der Waals surface area (Å²) in [7, 11) is 2.91. The summed E-state index contributed by atoms with van der Waals surface area (Å²) in [6, 6.07) is 22.8. The van der Waals surface area contributed by atoms with E-state index in [0.29, 0.717) is 40.5 Å². The number of benzene rings is 3. The first kappa shape index (κ1) is 22.5. The Morgan fingerprint density at radius 1 is 0.914 bits per heavy atom. The number of fused-ring (bicyclic) bond motifs is 2. The third-order valence-corrected chi connectivity index (χ3v) is 6.41. The van der Waals surface area contributed by atoms with Crippen molar-refractivity contribution in [3.8, 4) is 11.5 Å². The lowest BCUT2D eigenvalue weighted by molar-refractivity contribution is -0.136. The largest absolute Gasteiger partial charge is 0.493 e. The number of carbonyl (C=O) groups is 2. The number of rotatable bonds is 6. The summed E-state index contributed by atoms with van der Waals surface area (Å²) >= 11 is 0. The van der Waals surface area contributed by atoms with Gasteiger partial charge in [-0.2, -0.15) is 0 Å². The third-order valence-electron chi connectivity index (χ3n) is 6.41. The van der Waals surface area contributed by atoms with Gasteiger partial charge in [-0.25, -0.2) is 4.79 Å². The summed E-state index contributed by atoms with van der Waals surface area (Å²) in [5.74, 6) is -0.117.